The van der Waals surface area contributed by atoms with Crippen LogP contribution >= 0.6 is 0 Å². The fraction of sp³-hybridized carbons (Fsp3) is 0.227. The van der Waals surface area contributed by atoms with Crippen LogP contribution in [0.4, 0.5) is 14.5 Å². The van der Waals surface area contributed by atoms with Gasteiger partial charge in [0.25, 0.3) is 5.91 Å². The monoisotopic (exact) mass is 430 g/mol. The van der Waals surface area contributed by atoms with E-state index >= 15 is 0 Å². The maximum Gasteiger partial charge on any atom is 0.387 e. The van der Waals surface area contributed by atoms with Gasteiger partial charge in [-0.15, -0.1) is 0 Å². The normalized spacial score (nSPS) is 10.9. The van der Waals surface area contributed by atoms with E-state index in [2.05, 4.69) is 15.0 Å². The number of fused-ring (bicyclic) bond motifs is 1. The number of hydrogen-bond donors (Lipinski definition) is 1. The van der Waals surface area contributed by atoms with Crippen molar-refractivity contribution in [2.24, 2.45) is 0 Å². The van der Waals surface area contributed by atoms with E-state index in [1.807, 2.05) is 24.3 Å². The van der Waals surface area contributed by atoms with Crippen LogP contribution in [0, 0.1) is 6.92 Å². The number of hydrogen-bond acceptors (Lipinski definition) is 6. The third-order valence-corrected chi connectivity index (χ3v) is 4.42. The van der Waals surface area contributed by atoms with Gasteiger partial charge in [0.2, 0.25) is 0 Å². The van der Waals surface area contributed by atoms with E-state index in [1.54, 1.807) is 13.0 Å². The number of methoxy groups -OCH3 is 1. The van der Waals surface area contributed by atoms with Crippen molar-refractivity contribution in [1.82, 2.24) is 4.98 Å². The molecule has 1 heterocycles. The fourth-order valence-corrected chi connectivity index (χ4v) is 3.11. The average molecular weight is 430 g/mol. The molecule has 0 aliphatic heterocycles. The van der Waals surface area contributed by atoms with E-state index in [1.165, 1.54) is 25.3 Å². The Hall–Kier alpha value is -3.59. The number of pyridine rings is 1. The highest BCUT2D eigenvalue weighted by molar-refractivity contribution is 6.00. The van der Waals surface area contributed by atoms with Crippen molar-refractivity contribution in [1.29, 1.82) is 0 Å². The van der Waals surface area contributed by atoms with E-state index in [4.69, 9.17) is 9.47 Å². The topological polar surface area (TPSA) is 86.8 Å². The molecule has 2 aromatic carbocycles. The van der Waals surface area contributed by atoms with Crippen LogP contribution in [0.5, 0.6) is 5.75 Å². The number of carbonyl (C=O) groups is 2. The number of nitrogens with zero attached hydrogens (tertiary/aromatic N) is 1. The molecule has 0 aliphatic rings. The predicted molar refractivity (Wildman–Crippen MR) is 109 cm³/mol. The molecule has 3 aromatic rings. The van der Waals surface area contributed by atoms with Crippen LogP contribution in [0.15, 0.2) is 48.5 Å². The Morgan fingerprint density at radius 1 is 1.10 bits per heavy atom. The van der Waals surface area contributed by atoms with E-state index in [0.29, 0.717) is 16.8 Å². The number of benzene rings is 2. The number of anilines is 1. The molecule has 0 aliphatic carbocycles. The van der Waals surface area contributed by atoms with Crippen molar-refractivity contribution in [3.8, 4) is 5.75 Å². The molecule has 0 unspecified atom stereocenters. The summed E-state index contributed by atoms with van der Waals surface area (Å²) in [6.07, 6.45) is 0. The molecule has 0 atom stereocenters. The van der Waals surface area contributed by atoms with Crippen LogP contribution in [-0.2, 0) is 20.9 Å². The quantitative estimate of drug-likeness (QED) is 0.542. The first-order valence-corrected chi connectivity index (χ1v) is 9.28. The number of para-hydroxylation sites is 3. The number of aryl methyl sites for hydroxylation is 1. The zero-order valence-electron chi connectivity index (χ0n) is 16.9. The number of nitrogens with one attached hydrogen (secondary N) is 1. The van der Waals surface area contributed by atoms with Gasteiger partial charge >= 0.3 is 12.6 Å². The van der Waals surface area contributed by atoms with Gasteiger partial charge in [-0.05, 0) is 30.7 Å². The van der Waals surface area contributed by atoms with Gasteiger partial charge in [-0.25, -0.2) is 9.78 Å². The number of rotatable bonds is 8. The summed E-state index contributed by atoms with van der Waals surface area (Å²) in [5, 5.41) is 3.17. The van der Waals surface area contributed by atoms with Crippen molar-refractivity contribution in [3.63, 3.8) is 0 Å². The number of ether oxygens (including phenoxy) is 3. The highest BCUT2D eigenvalue weighted by atomic mass is 19.3. The van der Waals surface area contributed by atoms with E-state index in [9.17, 15) is 18.4 Å². The van der Waals surface area contributed by atoms with Crippen LogP contribution in [0.1, 0.15) is 21.6 Å². The largest absolute Gasteiger partial charge is 0.452 e. The molecule has 0 bridgehead atoms. The second kappa shape index (κ2) is 9.94. The van der Waals surface area contributed by atoms with Crippen LogP contribution in [0.3, 0.4) is 0 Å². The lowest BCUT2D eigenvalue weighted by Gasteiger charge is -2.14. The number of alkyl halides is 2. The Morgan fingerprint density at radius 2 is 1.81 bits per heavy atom. The van der Waals surface area contributed by atoms with Gasteiger partial charge in [-0.2, -0.15) is 8.78 Å². The summed E-state index contributed by atoms with van der Waals surface area (Å²) in [5.74, 6) is -1.65. The first-order valence-electron chi connectivity index (χ1n) is 9.28. The number of amides is 1. The molecule has 31 heavy (non-hydrogen) atoms. The van der Waals surface area contributed by atoms with Gasteiger partial charge in [-0.1, -0.05) is 30.3 Å². The van der Waals surface area contributed by atoms with E-state index in [0.717, 1.165) is 5.39 Å². The minimum atomic E-state index is -3.04. The van der Waals surface area contributed by atoms with Crippen molar-refractivity contribution < 1.29 is 32.6 Å². The Labute approximate surface area is 176 Å². The minimum Gasteiger partial charge on any atom is -0.452 e. The minimum absolute atomic E-state index is 0.0347. The Bertz CT molecular complexity index is 1100. The summed E-state index contributed by atoms with van der Waals surface area (Å²) in [6.45, 7) is -1.82. The lowest BCUT2D eigenvalue weighted by molar-refractivity contribution is -0.119. The van der Waals surface area contributed by atoms with Crippen molar-refractivity contribution >= 4 is 28.5 Å². The second-order valence-electron chi connectivity index (χ2n) is 6.51. The van der Waals surface area contributed by atoms with Crippen LogP contribution in [0.2, 0.25) is 0 Å². The van der Waals surface area contributed by atoms with Crippen molar-refractivity contribution in [3.05, 3.63) is 65.4 Å². The molecule has 1 N–H and O–H groups in total. The van der Waals surface area contributed by atoms with Gasteiger partial charge in [0, 0.05) is 12.5 Å². The fourth-order valence-electron chi connectivity index (χ4n) is 3.11. The van der Waals surface area contributed by atoms with Gasteiger partial charge in [0.15, 0.2) is 6.61 Å². The van der Waals surface area contributed by atoms with Crippen LogP contribution in [0.25, 0.3) is 10.9 Å². The zero-order chi connectivity index (χ0) is 22.4. The molecule has 1 aromatic heterocycles. The maximum absolute atomic E-state index is 12.8. The van der Waals surface area contributed by atoms with Gasteiger partial charge in [0.05, 0.1) is 29.1 Å². The Balaban J connectivity index is 1.75. The zero-order valence-corrected chi connectivity index (χ0v) is 16.9. The molecule has 0 radical (unpaired) electrons. The number of esters is 1. The molecule has 162 valence electrons. The highest BCUT2D eigenvalue weighted by Crippen LogP contribution is 2.26. The molecule has 7 nitrogen and oxygen atoms in total. The van der Waals surface area contributed by atoms with Gasteiger partial charge in [-0.3, -0.25) is 4.79 Å². The smallest absolute Gasteiger partial charge is 0.387 e. The number of halogens is 2. The third-order valence-electron chi connectivity index (χ3n) is 4.42. The first kappa shape index (κ1) is 22.1. The number of carbonyl (C=O) groups excluding carboxylic acids is 2. The van der Waals surface area contributed by atoms with Gasteiger partial charge in [0.1, 0.15) is 5.75 Å². The Morgan fingerprint density at radius 3 is 2.55 bits per heavy atom. The Kier molecular flexibility index (Phi) is 7.09. The SMILES string of the molecule is COCc1nc2ccccc2c(C)c1C(=O)OCC(=O)Nc1ccccc1OC(F)F. The maximum atomic E-state index is 12.8. The highest BCUT2D eigenvalue weighted by Gasteiger charge is 2.21. The second-order valence-corrected chi connectivity index (χ2v) is 6.51. The molecule has 0 saturated heterocycles. The molecular weight excluding hydrogens is 410 g/mol. The lowest BCUT2D eigenvalue weighted by Crippen LogP contribution is -2.23. The summed E-state index contributed by atoms with van der Waals surface area (Å²) in [7, 11) is 1.48. The summed E-state index contributed by atoms with van der Waals surface area (Å²) < 4.78 is 39.7. The molecule has 9 heteroatoms. The average Bonchev–Trinajstić information content (AvgIpc) is 2.73. The van der Waals surface area contributed by atoms with E-state index in [-0.39, 0.29) is 23.6 Å². The first-order chi connectivity index (χ1) is 14.9. The summed E-state index contributed by atoms with van der Waals surface area (Å²) in [5.41, 5.74) is 2.00. The summed E-state index contributed by atoms with van der Waals surface area (Å²) in [4.78, 5) is 29.4. The molecule has 0 fully saturated rings. The molecule has 0 saturated carbocycles. The van der Waals surface area contributed by atoms with Crippen molar-refractivity contribution in [2.45, 2.75) is 20.1 Å². The van der Waals surface area contributed by atoms with Crippen LogP contribution in [-0.4, -0.2) is 37.2 Å². The standard InChI is InChI=1S/C22H20F2N2O5/c1-13-14-7-3-4-8-15(14)25-17(11-29-2)20(13)21(28)30-12-19(27)26-16-9-5-6-10-18(16)31-22(23)24/h3-10,22H,11-12H2,1-2H3,(H,26,27). The molecule has 0 spiro atoms. The number of aromatic nitrogens is 1. The molecule has 1 amide bonds. The molecular formula is C22H20F2N2O5. The van der Waals surface area contributed by atoms with Crippen LogP contribution < -0.4 is 10.1 Å². The molecule has 3 rings (SSSR count). The lowest BCUT2D eigenvalue weighted by atomic mass is 10.0. The van der Waals surface area contributed by atoms with E-state index < -0.39 is 25.1 Å². The third kappa shape index (κ3) is 5.32. The summed E-state index contributed by atoms with van der Waals surface area (Å²) in [6, 6.07) is 13.0. The van der Waals surface area contributed by atoms with Gasteiger partial charge < -0.3 is 19.5 Å². The summed E-state index contributed by atoms with van der Waals surface area (Å²) >= 11 is 0. The van der Waals surface area contributed by atoms with Crippen molar-refractivity contribution in [2.75, 3.05) is 19.0 Å². The predicted octanol–water partition coefficient (Wildman–Crippen LogP) is 4.09.